The molecule has 0 saturated carbocycles. The molecule has 96 valence electrons. The fraction of sp³-hybridized carbons (Fsp3) is 0.600. The van der Waals surface area contributed by atoms with Crippen LogP contribution in [0.1, 0.15) is 46.3 Å². The summed E-state index contributed by atoms with van der Waals surface area (Å²) < 4.78 is 0. The van der Waals surface area contributed by atoms with Gasteiger partial charge in [-0.1, -0.05) is 65.0 Å². The van der Waals surface area contributed by atoms with Crippen molar-refractivity contribution in [2.24, 2.45) is 10.8 Å². The molecule has 2 unspecified atom stereocenters. The Morgan fingerprint density at radius 2 is 1.35 bits per heavy atom. The largest absolute Gasteiger partial charge is 0.392 e. The minimum atomic E-state index is -0.669. The predicted molar refractivity (Wildman–Crippen MR) is 70.6 cm³/mol. The van der Waals surface area contributed by atoms with Crippen LogP contribution in [0, 0.1) is 10.8 Å². The second-order valence-corrected chi connectivity index (χ2v) is 6.40. The zero-order valence-electron chi connectivity index (χ0n) is 11.4. The normalized spacial score (nSPS) is 16.6. The summed E-state index contributed by atoms with van der Waals surface area (Å²) in [6.07, 6.45) is -1.25. The van der Waals surface area contributed by atoms with Crippen molar-refractivity contribution in [1.82, 2.24) is 0 Å². The van der Waals surface area contributed by atoms with Gasteiger partial charge in [-0.25, -0.2) is 0 Å². The maximum atomic E-state index is 10.4. The number of hydrogen-bond donors (Lipinski definition) is 2. The lowest BCUT2D eigenvalue weighted by molar-refractivity contribution is -0.0969. The van der Waals surface area contributed by atoms with Crippen LogP contribution in [-0.4, -0.2) is 16.3 Å². The molecule has 0 heterocycles. The van der Waals surface area contributed by atoms with Gasteiger partial charge in [-0.15, -0.1) is 0 Å². The smallest absolute Gasteiger partial charge is 0.0865 e. The average Bonchev–Trinajstić information content (AvgIpc) is 2.27. The van der Waals surface area contributed by atoms with E-state index in [1.807, 2.05) is 65.0 Å². The third-order valence-electron chi connectivity index (χ3n) is 3.35. The quantitative estimate of drug-likeness (QED) is 0.846. The molecule has 0 aliphatic heterocycles. The highest BCUT2D eigenvalue weighted by Crippen LogP contribution is 2.42. The Labute approximate surface area is 104 Å². The van der Waals surface area contributed by atoms with Gasteiger partial charge in [0.1, 0.15) is 0 Å². The standard InChI is InChI=1S/C15H24O2/c1-14(2,3)13(17)15(4,5)12(16)11-9-7-6-8-10-11/h6-10,12-13,16-17H,1-5H3. The van der Waals surface area contributed by atoms with Crippen molar-refractivity contribution in [1.29, 1.82) is 0 Å². The van der Waals surface area contributed by atoms with Crippen LogP contribution in [0.5, 0.6) is 0 Å². The Morgan fingerprint density at radius 3 is 1.76 bits per heavy atom. The zero-order valence-corrected chi connectivity index (χ0v) is 11.4. The minimum absolute atomic E-state index is 0.251. The first-order valence-electron chi connectivity index (χ1n) is 6.08. The summed E-state index contributed by atoms with van der Waals surface area (Å²) >= 11 is 0. The summed E-state index contributed by atoms with van der Waals surface area (Å²) in [7, 11) is 0. The van der Waals surface area contributed by atoms with E-state index in [9.17, 15) is 10.2 Å². The fourth-order valence-electron chi connectivity index (χ4n) is 2.33. The van der Waals surface area contributed by atoms with Crippen LogP contribution in [0.3, 0.4) is 0 Å². The van der Waals surface area contributed by atoms with Crippen molar-refractivity contribution >= 4 is 0 Å². The van der Waals surface area contributed by atoms with Crippen molar-refractivity contribution < 1.29 is 10.2 Å². The van der Waals surface area contributed by atoms with Gasteiger partial charge in [0.25, 0.3) is 0 Å². The lowest BCUT2D eigenvalue weighted by Crippen LogP contribution is -2.43. The van der Waals surface area contributed by atoms with E-state index in [4.69, 9.17) is 0 Å². The Hall–Kier alpha value is -0.860. The molecule has 2 N–H and O–H groups in total. The molecule has 0 aliphatic rings. The van der Waals surface area contributed by atoms with Gasteiger partial charge in [-0.3, -0.25) is 0 Å². The van der Waals surface area contributed by atoms with Crippen molar-refractivity contribution in [3.63, 3.8) is 0 Å². The SMILES string of the molecule is CC(C)(C)C(O)C(C)(C)C(O)c1ccccc1. The molecule has 0 radical (unpaired) electrons. The molecule has 1 aromatic rings. The number of rotatable bonds is 3. The van der Waals surface area contributed by atoms with Gasteiger partial charge in [-0.2, -0.15) is 0 Å². The first-order valence-corrected chi connectivity index (χ1v) is 6.08. The summed E-state index contributed by atoms with van der Waals surface area (Å²) in [5.41, 5.74) is 0.0135. The Bertz CT molecular complexity index is 349. The summed E-state index contributed by atoms with van der Waals surface area (Å²) in [6, 6.07) is 9.50. The Kier molecular flexibility index (Phi) is 4.00. The molecule has 1 rings (SSSR count). The molecule has 0 amide bonds. The molecule has 0 spiro atoms. The van der Waals surface area contributed by atoms with Gasteiger partial charge >= 0.3 is 0 Å². The van der Waals surface area contributed by atoms with Crippen LogP contribution < -0.4 is 0 Å². The van der Waals surface area contributed by atoms with Gasteiger partial charge in [0.05, 0.1) is 12.2 Å². The fourth-order valence-corrected chi connectivity index (χ4v) is 2.33. The molecule has 0 bridgehead atoms. The van der Waals surface area contributed by atoms with E-state index in [-0.39, 0.29) is 5.41 Å². The maximum Gasteiger partial charge on any atom is 0.0865 e. The molecule has 0 saturated heterocycles. The van der Waals surface area contributed by atoms with Gasteiger partial charge in [0.2, 0.25) is 0 Å². The number of aliphatic hydroxyl groups is 2. The van der Waals surface area contributed by atoms with Crippen molar-refractivity contribution in [2.45, 2.75) is 46.8 Å². The third-order valence-corrected chi connectivity index (χ3v) is 3.35. The highest BCUT2D eigenvalue weighted by Gasteiger charge is 2.42. The lowest BCUT2D eigenvalue weighted by atomic mass is 9.68. The molecule has 2 heteroatoms. The molecule has 2 atom stereocenters. The van der Waals surface area contributed by atoms with Crippen LogP contribution in [0.2, 0.25) is 0 Å². The van der Waals surface area contributed by atoms with E-state index >= 15 is 0 Å². The number of aliphatic hydroxyl groups excluding tert-OH is 2. The second kappa shape index (κ2) is 4.79. The molecule has 0 aromatic heterocycles. The van der Waals surface area contributed by atoms with Crippen LogP contribution in [-0.2, 0) is 0 Å². The van der Waals surface area contributed by atoms with Crippen molar-refractivity contribution in [2.75, 3.05) is 0 Å². The van der Waals surface area contributed by atoms with Gasteiger partial charge < -0.3 is 10.2 Å². The van der Waals surface area contributed by atoms with Gasteiger partial charge in [0.15, 0.2) is 0 Å². The van der Waals surface area contributed by atoms with Crippen molar-refractivity contribution in [3.8, 4) is 0 Å². The Morgan fingerprint density at radius 1 is 0.882 bits per heavy atom. The summed E-state index contributed by atoms with van der Waals surface area (Å²) in [4.78, 5) is 0. The van der Waals surface area contributed by atoms with Gasteiger partial charge in [-0.05, 0) is 11.0 Å². The van der Waals surface area contributed by atoms with Crippen molar-refractivity contribution in [3.05, 3.63) is 35.9 Å². The average molecular weight is 236 g/mol. The van der Waals surface area contributed by atoms with Crippen LogP contribution in [0.4, 0.5) is 0 Å². The second-order valence-electron chi connectivity index (χ2n) is 6.40. The van der Waals surface area contributed by atoms with E-state index in [0.717, 1.165) is 5.56 Å². The van der Waals surface area contributed by atoms with E-state index < -0.39 is 17.6 Å². The number of benzene rings is 1. The van der Waals surface area contributed by atoms with Crippen LogP contribution in [0.25, 0.3) is 0 Å². The lowest BCUT2D eigenvalue weighted by Gasteiger charge is -2.42. The van der Waals surface area contributed by atoms with E-state index in [1.54, 1.807) is 0 Å². The number of hydrogen-bond acceptors (Lipinski definition) is 2. The highest BCUT2D eigenvalue weighted by molar-refractivity contribution is 5.20. The monoisotopic (exact) mass is 236 g/mol. The summed E-state index contributed by atoms with van der Waals surface area (Å²) in [5, 5.41) is 20.8. The van der Waals surface area contributed by atoms with E-state index in [0.29, 0.717) is 0 Å². The van der Waals surface area contributed by atoms with Gasteiger partial charge in [0, 0.05) is 5.41 Å². The highest BCUT2D eigenvalue weighted by atomic mass is 16.3. The summed E-state index contributed by atoms with van der Waals surface area (Å²) in [5.74, 6) is 0. The van der Waals surface area contributed by atoms with Crippen LogP contribution in [0.15, 0.2) is 30.3 Å². The van der Waals surface area contributed by atoms with E-state index in [1.165, 1.54) is 0 Å². The molecule has 0 fully saturated rings. The minimum Gasteiger partial charge on any atom is -0.392 e. The molecule has 17 heavy (non-hydrogen) atoms. The Balaban J connectivity index is 2.99. The molecule has 2 nitrogen and oxygen atoms in total. The topological polar surface area (TPSA) is 40.5 Å². The maximum absolute atomic E-state index is 10.4. The first kappa shape index (κ1) is 14.2. The zero-order chi connectivity index (χ0) is 13.3. The third kappa shape index (κ3) is 3.08. The first-order chi connectivity index (χ1) is 7.67. The predicted octanol–water partition coefficient (Wildman–Crippen LogP) is 3.15. The molecule has 0 aliphatic carbocycles. The van der Waals surface area contributed by atoms with E-state index in [2.05, 4.69) is 0 Å². The summed E-state index contributed by atoms with van der Waals surface area (Å²) in [6.45, 7) is 9.76. The molecular weight excluding hydrogens is 212 g/mol. The molecular formula is C15H24O2. The van der Waals surface area contributed by atoms with Crippen LogP contribution >= 0.6 is 0 Å². The molecule has 1 aromatic carbocycles.